The molecule has 6 nitrogen and oxygen atoms in total. The van der Waals surface area contributed by atoms with Crippen molar-refractivity contribution in [1.82, 2.24) is 9.97 Å². The highest BCUT2D eigenvalue weighted by atomic mass is 35.5. The zero-order valence-corrected chi connectivity index (χ0v) is 16.7. The van der Waals surface area contributed by atoms with Gasteiger partial charge >= 0.3 is 0 Å². The zero-order valence-electron chi connectivity index (χ0n) is 15.9. The minimum atomic E-state index is -0.350. The van der Waals surface area contributed by atoms with Crippen molar-refractivity contribution in [3.63, 3.8) is 0 Å². The third-order valence-corrected chi connectivity index (χ3v) is 4.52. The second-order valence-corrected chi connectivity index (χ2v) is 6.75. The van der Waals surface area contributed by atoms with Crippen LogP contribution in [0.4, 0.5) is 11.5 Å². The van der Waals surface area contributed by atoms with E-state index < -0.39 is 0 Å². The maximum Gasteiger partial charge on any atom is 0.274 e. The third-order valence-electron chi connectivity index (χ3n) is 4.22. The number of halogens is 1. The Labute approximate surface area is 168 Å². The van der Waals surface area contributed by atoms with Crippen LogP contribution in [0.15, 0.2) is 48.8 Å². The Morgan fingerprint density at radius 1 is 1.14 bits per heavy atom. The molecule has 2 aromatic carbocycles. The molecule has 28 heavy (non-hydrogen) atoms. The molecule has 2 N–H and O–H groups in total. The van der Waals surface area contributed by atoms with Crippen molar-refractivity contribution in [2.45, 2.75) is 20.4 Å². The summed E-state index contributed by atoms with van der Waals surface area (Å²) in [6, 6.07) is 13.1. The smallest absolute Gasteiger partial charge is 0.274 e. The maximum absolute atomic E-state index is 12.6. The SMILES string of the molecule is COc1ccccc1CNc1cc(C(=O)Nc2c(C)cc(C)cc2Cl)ncn1. The average Bonchev–Trinajstić information content (AvgIpc) is 2.69. The lowest BCUT2D eigenvalue weighted by Gasteiger charge is -2.12. The lowest BCUT2D eigenvalue weighted by Crippen LogP contribution is -2.16. The lowest BCUT2D eigenvalue weighted by molar-refractivity contribution is 0.102. The molecule has 3 aromatic rings. The summed E-state index contributed by atoms with van der Waals surface area (Å²) in [5.41, 5.74) is 3.73. The molecule has 0 spiro atoms. The van der Waals surface area contributed by atoms with E-state index in [1.54, 1.807) is 13.2 Å². The van der Waals surface area contributed by atoms with Crippen molar-refractivity contribution in [2.24, 2.45) is 0 Å². The van der Waals surface area contributed by atoms with Crippen LogP contribution in [-0.4, -0.2) is 23.0 Å². The van der Waals surface area contributed by atoms with Crippen LogP contribution in [-0.2, 0) is 6.54 Å². The van der Waals surface area contributed by atoms with E-state index in [-0.39, 0.29) is 11.6 Å². The summed E-state index contributed by atoms with van der Waals surface area (Å²) >= 11 is 6.27. The van der Waals surface area contributed by atoms with Gasteiger partial charge in [-0.2, -0.15) is 0 Å². The summed E-state index contributed by atoms with van der Waals surface area (Å²) in [6.45, 7) is 4.36. The quantitative estimate of drug-likeness (QED) is 0.635. The fraction of sp³-hybridized carbons (Fsp3) is 0.190. The standard InChI is InChI=1S/C21H21ClN4O2/c1-13-8-14(2)20(16(22)9-13)26-21(27)17-10-19(25-12-24-17)23-11-15-6-4-5-7-18(15)28-3/h4-10,12H,11H2,1-3H3,(H,26,27)(H,23,24,25). The van der Waals surface area contributed by atoms with E-state index in [0.717, 1.165) is 22.4 Å². The highest BCUT2D eigenvalue weighted by Gasteiger charge is 2.13. The minimum absolute atomic E-state index is 0.244. The summed E-state index contributed by atoms with van der Waals surface area (Å²) in [6.07, 6.45) is 1.35. The fourth-order valence-corrected chi connectivity index (χ4v) is 3.23. The number of para-hydroxylation sites is 1. The minimum Gasteiger partial charge on any atom is -0.496 e. The predicted molar refractivity (Wildman–Crippen MR) is 111 cm³/mol. The number of carbonyl (C=O) groups is 1. The summed E-state index contributed by atoms with van der Waals surface area (Å²) < 4.78 is 5.34. The number of aromatic nitrogens is 2. The highest BCUT2D eigenvalue weighted by Crippen LogP contribution is 2.27. The Bertz CT molecular complexity index is 984. The molecule has 3 rings (SSSR count). The largest absolute Gasteiger partial charge is 0.496 e. The molecule has 0 unspecified atom stereocenters. The van der Waals surface area contributed by atoms with Crippen LogP contribution in [0.5, 0.6) is 5.75 Å². The molecule has 144 valence electrons. The van der Waals surface area contributed by atoms with Crippen LogP contribution >= 0.6 is 11.6 Å². The number of anilines is 2. The van der Waals surface area contributed by atoms with Crippen LogP contribution in [0.3, 0.4) is 0 Å². The van der Waals surface area contributed by atoms with E-state index in [2.05, 4.69) is 20.6 Å². The van der Waals surface area contributed by atoms with E-state index >= 15 is 0 Å². The fourth-order valence-electron chi connectivity index (χ4n) is 2.86. The zero-order chi connectivity index (χ0) is 20.1. The van der Waals surface area contributed by atoms with Gasteiger partial charge in [-0.15, -0.1) is 0 Å². The molecule has 0 bridgehead atoms. The Kier molecular flexibility index (Phi) is 6.11. The Morgan fingerprint density at radius 2 is 1.93 bits per heavy atom. The molecule has 0 saturated heterocycles. The summed E-state index contributed by atoms with van der Waals surface area (Å²) in [7, 11) is 1.63. The number of ether oxygens (including phenoxy) is 1. The number of carbonyl (C=O) groups excluding carboxylic acids is 1. The topological polar surface area (TPSA) is 76.1 Å². The second kappa shape index (κ2) is 8.71. The van der Waals surface area contributed by atoms with Gasteiger partial charge in [-0.3, -0.25) is 4.79 Å². The number of nitrogens with zero attached hydrogens (tertiary/aromatic N) is 2. The number of hydrogen-bond donors (Lipinski definition) is 2. The van der Waals surface area contributed by atoms with Crippen LogP contribution in [0.25, 0.3) is 0 Å². The van der Waals surface area contributed by atoms with Crippen molar-refractivity contribution in [3.8, 4) is 5.75 Å². The number of benzene rings is 2. The highest BCUT2D eigenvalue weighted by molar-refractivity contribution is 6.34. The van der Waals surface area contributed by atoms with E-state index in [9.17, 15) is 4.79 Å². The van der Waals surface area contributed by atoms with Crippen molar-refractivity contribution in [2.75, 3.05) is 17.7 Å². The van der Waals surface area contributed by atoms with Gasteiger partial charge in [0.2, 0.25) is 0 Å². The van der Waals surface area contributed by atoms with Gasteiger partial charge in [0, 0.05) is 18.2 Å². The van der Waals surface area contributed by atoms with Gasteiger partial charge in [0.15, 0.2) is 0 Å². The van der Waals surface area contributed by atoms with Crippen molar-refractivity contribution in [3.05, 3.63) is 76.2 Å². The monoisotopic (exact) mass is 396 g/mol. The van der Waals surface area contributed by atoms with Crippen LogP contribution in [0.2, 0.25) is 5.02 Å². The van der Waals surface area contributed by atoms with E-state index in [1.807, 2.05) is 50.2 Å². The van der Waals surface area contributed by atoms with Crippen LogP contribution in [0.1, 0.15) is 27.2 Å². The van der Waals surface area contributed by atoms with Gasteiger partial charge in [0.25, 0.3) is 5.91 Å². The van der Waals surface area contributed by atoms with E-state index in [1.165, 1.54) is 6.33 Å². The van der Waals surface area contributed by atoms with Crippen LogP contribution in [0, 0.1) is 13.8 Å². The molecular formula is C21H21ClN4O2. The van der Waals surface area contributed by atoms with Gasteiger partial charge in [0.05, 0.1) is 17.8 Å². The first-order chi connectivity index (χ1) is 13.5. The molecule has 0 aliphatic rings. The van der Waals surface area contributed by atoms with E-state index in [0.29, 0.717) is 23.1 Å². The Hall–Kier alpha value is -3.12. The first-order valence-corrected chi connectivity index (χ1v) is 9.11. The molecule has 7 heteroatoms. The molecule has 0 fully saturated rings. The summed E-state index contributed by atoms with van der Waals surface area (Å²) in [5, 5.41) is 6.52. The first kappa shape index (κ1) is 19.6. The molecular weight excluding hydrogens is 376 g/mol. The number of hydrogen-bond acceptors (Lipinski definition) is 5. The Balaban J connectivity index is 1.73. The predicted octanol–water partition coefficient (Wildman–Crippen LogP) is 4.62. The van der Waals surface area contributed by atoms with Crippen LogP contribution < -0.4 is 15.4 Å². The molecule has 0 radical (unpaired) electrons. The maximum atomic E-state index is 12.6. The number of methoxy groups -OCH3 is 1. The molecule has 0 atom stereocenters. The van der Waals surface area contributed by atoms with E-state index in [4.69, 9.17) is 16.3 Å². The molecule has 1 heterocycles. The van der Waals surface area contributed by atoms with Crippen molar-refractivity contribution >= 4 is 29.0 Å². The summed E-state index contributed by atoms with van der Waals surface area (Å²) in [4.78, 5) is 20.9. The number of nitrogens with one attached hydrogen (secondary N) is 2. The molecule has 0 aliphatic heterocycles. The van der Waals surface area contributed by atoms with Gasteiger partial charge < -0.3 is 15.4 Å². The number of aryl methyl sites for hydroxylation is 2. The lowest BCUT2D eigenvalue weighted by atomic mass is 10.1. The molecule has 0 aliphatic carbocycles. The molecule has 1 amide bonds. The number of amides is 1. The van der Waals surface area contributed by atoms with Crippen molar-refractivity contribution in [1.29, 1.82) is 0 Å². The third kappa shape index (κ3) is 4.58. The van der Waals surface area contributed by atoms with Gasteiger partial charge in [-0.05, 0) is 37.1 Å². The average molecular weight is 397 g/mol. The molecule has 0 saturated carbocycles. The number of rotatable bonds is 6. The molecule has 1 aromatic heterocycles. The normalized spacial score (nSPS) is 10.4. The first-order valence-electron chi connectivity index (χ1n) is 8.74. The second-order valence-electron chi connectivity index (χ2n) is 6.35. The van der Waals surface area contributed by atoms with Crippen molar-refractivity contribution < 1.29 is 9.53 Å². The van der Waals surface area contributed by atoms with Gasteiger partial charge in [-0.1, -0.05) is 35.9 Å². The summed E-state index contributed by atoms with van der Waals surface area (Å²) in [5.74, 6) is 0.973. The Morgan fingerprint density at radius 3 is 2.68 bits per heavy atom. The van der Waals surface area contributed by atoms with Gasteiger partial charge in [-0.25, -0.2) is 9.97 Å². The van der Waals surface area contributed by atoms with Gasteiger partial charge in [0.1, 0.15) is 23.6 Å².